The summed E-state index contributed by atoms with van der Waals surface area (Å²) in [6.07, 6.45) is 46.1. The maximum absolute atomic E-state index is 13.3. The van der Waals surface area contributed by atoms with Gasteiger partial charge in [0.05, 0.1) is 38.6 Å². The van der Waals surface area contributed by atoms with E-state index in [4.69, 9.17) is 28.4 Å². The first-order valence-corrected chi connectivity index (χ1v) is 33.9. The van der Waals surface area contributed by atoms with Crippen molar-refractivity contribution in [1.82, 2.24) is 5.32 Å². The highest BCUT2D eigenvalue weighted by atomic mass is 16.8. The second-order valence-corrected chi connectivity index (χ2v) is 23.5. The van der Waals surface area contributed by atoms with Crippen LogP contribution in [0.2, 0.25) is 0 Å². The van der Waals surface area contributed by atoms with Crippen LogP contribution in [0.3, 0.4) is 0 Å². The molecule has 3 rings (SSSR count). The van der Waals surface area contributed by atoms with Crippen LogP contribution in [0.5, 0.6) is 0 Å². The van der Waals surface area contributed by atoms with E-state index in [1.54, 1.807) is 6.08 Å². The van der Waals surface area contributed by atoms with Crippen molar-refractivity contribution < 1.29 is 89.4 Å². The number of hydrogen-bond acceptors (Lipinski definition) is 18. The predicted molar refractivity (Wildman–Crippen MR) is 355 cm³/mol. The number of aliphatic hydroxyl groups is 11. The molecule has 3 saturated heterocycles. The summed E-state index contributed by atoms with van der Waals surface area (Å²) in [6, 6.07) is -1.00. The molecule has 0 aliphatic carbocycles. The molecular formula is C72H117NO18. The van der Waals surface area contributed by atoms with Crippen LogP contribution >= 0.6 is 0 Å². The van der Waals surface area contributed by atoms with Gasteiger partial charge in [-0.05, 0) is 103 Å². The molecule has 0 spiro atoms. The van der Waals surface area contributed by atoms with Crippen molar-refractivity contribution in [3.8, 4) is 0 Å². The second kappa shape index (κ2) is 52.2. The summed E-state index contributed by atoms with van der Waals surface area (Å²) in [4.78, 5) is 13.3. The summed E-state index contributed by atoms with van der Waals surface area (Å²) in [5.41, 5.74) is 0. The lowest BCUT2D eigenvalue weighted by molar-refractivity contribution is -0.379. The monoisotopic (exact) mass is 1280 g/mol. The van der Waals surface area contributed by atoms with E-state index in [9.17, 15) is 61.0 Å². The van der Waals surface area contributed by atoms with E-state index < -0.39 is 124 Å². The summed E-state index contributed by atoms with van der Waals surface area (Å²) < 4.78 is 34.2. The zero-order valence-corrected chi connectivity index (χ0v) is 54.5. The van der Waals surface area contributed by atoms with Crippen molar-refractivity contribution in [3.63, 3.8) is 0 Å². The fraction of sp³-hybridized carbons (Fsp3) is 0.681. The van der Waals surface area contributed by atoms with Crippen LogP contribution in [0.1, 0.15) is 181 Å². The molecule has 518 valence electrons. The SMILES string of the molecule is CC/C=C\C/C=C\C/C=C\C/C=C\C/C=C\C/C=C\C/C=C\C/C=C\C/C=C\CCCCCCCCCCCC(=O)NC(COC1OC(CO)C(OC2OC(CO)C(OC3OC(CO)C(O)C(O)C3O)C(O)C2O)C(O)C1O)C(O)/C=C/CC/C=C/CCCCC. The van der Waals surface area contributed by atoms with E-state index in [1.807, 2.05) is 6.08 Å². The Balaban J connectivity index is 1.33. The van der Waals surface area contributed by atoms with Gasteiger partial charge in [0, 0.05) is 6.42 Å². The first-order valence-electron chi connectivity index (χ1n) is 33.9. The number of amides is 1. The number of carbonyl (C=O) groups excluding carboxylic acids is 1. The minimum atomic E-state index is -1.99. The van der Waals surface area contributed by atoms with Gasteiger partial charge in [0.2, 0.25) is 5.91 Å². The first kappa shape index (κ1) is 81.2. The fourth-order valence-corrected chi connectivity index (χ4v) is 10.4. The zero-order chi connectivity index (χ0) is 66.1. The molecule has 17 unspecified atom stereocenters. The highest BCUT2D eigenvalue weighted by Crippen LogP contribution is 2.33. The van der Waals surface area contributed by atoms with Gasteiger partial charge in [-0.2, -0.15) is 0 Å². The van der Waals surface area contributed by atoms with Crippen LogP contribution < -0.4 is 5.32 Å². The lowest BCUT2D eigenvalue weighted by Gasteiger charge is -2.48. The predicted octanol–water partition coefficient (Wildman–Crippen LogP) is 8.60. The quantitative estimate of drug-likeness (QED) is 0.0200. The molecule has 17 atom stereocenters. The number of rotatable bonds is 49. The molecule has 0 bridgehead atoms. The van der Waals surface area contributed by atoms with Gasteiger partial charge in [0.15, 0.2) is 18.9 Å². The Morgan fingerprint density at radius 1 is 0.407 bits per heavy atom. The summed E-state index contributed by atoms with van der Waals surface area (Å²) in [5.74, 6) is -0.302. The van der Waals surface area contributed by atoms with Gasteiger partial charge < -0.3 is 89.9 Å². The molecule has 91 heavy (non-hydrogen) atoms. The largest absolute Gasteiger partial charge is 0.394 e. The van der Waals surface area contributed by atoms with E-state index in [-0.39, 0.29) is 18.9 Å². The normalized spacial score (nSPS) is 28.7. The molecule has 3 fully saturated rings. The van der Waals surface area contributed by atoms with E-state index in [0.29, 0.717) is 12.8 Å². The van der Waals surface area contributed by atoms with Crippen molar-refractivity contribution in [2.24, 2.45) is 0 Å². The first-order chi connectivity index (χ1) is 44.3. The summed E-state index contributed by atoms with van der Waals surface area (Å²) >= 11 is 0. The third-order valence-electron chi connectivity index (χ3n) is 15.9. The van der Waals surface area contributed by atoms with Gasteiger partial charge in [-0.3, -0.25) is 4.79 Å². The highest BCUT2D eigenvalue weighted by Gasteiger charge is 2.53. The highest BCUT2D eigenvalue weighted by molar-refractivity contribution is 5.76. The molecule has 1 amide bonds. The Hall–Kier alpha value is -4.07. The number of hydrogen-bond donors (Lipinski definition) is 12. The Labute approximate surface area is 543 Å². The molecule has 19 nitrogen and oxygen atoms in total. The van der Waals surface area contributed by atoms with E-state index >= 15 is 0 Å². The minimum absolute atomic E-state index is 0.219. The number of allylic oxidation sites excluding steroid dienone is 21. The van der Waals surface area contributed by atoms with Crippen LogP contribution in [0, 0.1) is 0 Å². The molecule has 3 aliphatic heterocycles. The average molecular weight is 1280 g/mol. The van der Waals surface area contributed by atoms with Gasteiger partial charge in [-0.25, -0.2) is 0 Å². The summed E-state index contributed by atoms with van der Waals surface area (Å²) in [5, 5.41) is 120. The Bertz CT molecular complexity index is 2170. The van der Waals surface area contributed by atoms with Gasteiger partial charge in [-0.1, -0.05) is 205 Å². The maximum atomic E-state index is 13.3. The topological polar surface area (TPSA) is 307 Å². The number of carbonyl (C=O) groups is 1. The van der Waals surface area contributed by atoms with Crippen LogP contribution in [0.15, 0.2) is 134 Å². The smallest absolute Gasteiger partial charge is 0.220 e. The van der Waals surface area contributed by atoms with Crippen molar-refractivity contribution in [2.75, 3.05) is 26.4 Å². The lowest BCUT2D eigenvalue weighted by Crippen LogP contribution is -2.66. The van der Waals surface area contributed by atoms with Crippen LogP contribution in [0.25, 0.3) is 0 Å². The fourth-order valence-electron chi connectivity index (χ4n) is 10.4. The molecular weight excluding hydrogens is 1170 g/mol. The molecule has 0 aromatic heterocycles. The van der Waals surface area contributed by atoms with Crippen molar-refractivity contribution >= 4 is 5.91 Å². The zero-order valence-electron chi connectivity index (χ0n) is 54.5. The Kier molecular flexibility index (Phi) is 46.6. The lowest BCUT2D eigenvalue weighted by atomic mass is 9.96. The molecule has 3 aliphatic rings. The Morgan fingerprint density at radius 3 is 1.23 bits per heavy atom. The number of nitrogens with one attached hydrogen (secondary N) is 1. The third-order valence-corrected chi connectivity index (χ3v) is 15.9. The third kappa shape index (κ3) is 34.3. The van der Waals surface area contributed by atoms with Gasteiger partial charge in [-0.15, -0.1) is 0 Å². The van der Waals surface area contributed by atoms with E-state index in [1.165, 1.54) is 32.1 Å². The summed E-state index contributed by atoms with van der Waals surface area (Å²) in [7, 11) is 0. The molecule has 0 aromatic carbocycles. The average Bonchev–Trinajstić information content (AvgIpc) is 0.826. The molecule has 19 heteroatoms. The Morgan fingerprint density at radius 2 is 0.769 bits per heavy atom. The standard InChI is InChI=1S/C72H117NO18/c1-3-5-7-9-11-13-14-15-16-17-18-19-20-21-22-23-24-25-26-27-28-29-30-31-32-33-34-35-36-37-38-39-40-42-44-46-48-50-60(78)73-55(56(77)49-47-45-43-41-12-10-8-6-4-2)54-86-70-66(84)63(81)68(58(52-75)88-70)91-72-67(85)64(82)69(59(53-76)89-72)90-71-65(83)62(80)61(79)57(51-74)87-71/h5,7,11-13,15-16,18-19,21-22,24-25,27-28,30-31,33-34,41,47,49,55-59,61-72,74-77,79-85H,3-4,6,8-10,14,17,20,23,26,29,32,35-40,42-46,48,50-54H2,1-2H3,(H,73,78)/b7-5-,13-11-,16-15-,19-18-,22-21-,25-24-,28-27-,31-30-,34-33-,41-12+,49-47+. The molecule has 0 radical (unpaired) electrons. The summed E-state index contributed by atoms with van der Waals surface area (Å²) in [6.45, 7) is 1.49. The number of ether oxygens (including phenoxy) is 6. The van der Waals surface area contributed by atoms with Crippen molar-refractivity contribution in [1.29, 1.82) is 0 Å². The second-order valence-electron chi connectivity index (χ2n) is 23.5. The van der Waals surface area contributed by atoms with Gasteiger partial charge in [0.25, 0.3) is 0 Å². The van der Waals surface area contributed by atoms with Crippen LogP contribution in [-0.4, -0.2) is 193 Å². The maximum Gasteiger partial charge on any atom is 0.220 e. The minimum Gasteiger partial charge on any atom is -0.394 e. The number of unbranched alkanes of at least 4 members (excludes halogenated alkanes) is 13. The van der Waals surface area contributed by atoms with E-state index in [2.05, 4.69) is 141 Å². The van der Waals surface area contributed by atoms with E-state index in [0.717, 1.165) is 116 Å². The van der Waals surface area contributed by atoms with Crippen LogP contribution in [0.4, 0.5) is 0 Å². The molecule has 3 heterocycles. The van der Waals surface area contributed by atoms with Crippen molar-refractivity contribution in [3.05, 3.63) is 134 Å². The van der Waals surface area contributed by atoms with Crippen LogP contribution in [-0.2, 0) is 33.2 Å². The van der Waals surface area contributed by atoms with Gasteiger partial charge >= 0.3 is 0 Å². The van der Waals surface area contributed by atoms with Gasteiger partial charge in [0.1, 0.15) is 73.2 Å². The van der Waals surface area contributed by atoms with Crippen molar-refractivity contribution in [2.45, 2.75) is 285 Å². The molecule has 0 saturated carbocycles. The molecule has 0 aromatic rings. The number of aliphatic hydroxyl groups excluding tert-OH is 11. The molecule has 12 N–H and O–H groups in total.